The van der Waals surface area contributed by atoms with Crippen molar-refractivity contribution in [3.63, 3.8) is 0 Å². The molecule has 0 saturated carbocycles. The van der Waals surface area contributed by atoms with E-state index in [1.54, 1.807) is 23.9 Å². The van der Waals surface area contributed by atoms with Gasteiger partial charge in [0.2, 0.25) is 0 Å². The van der Waals surface area contributed by atoms with Gasteiger partial charge in [-0.3, -0.25) is 9.48 Å². The molecule has 3 N–H and O–H groups in total. The molecule has 0 bridgehead atoms. The molecule has 0 aliphatic carbocycles. The molecular formula is C14H18N4O. The van der Waals surface area contributed by atoms with Crippen LogP contribution in [0.25, 0.3) is 0 Å². The van der Waals surface area contributed by atoms with Crippen LogP contribution in [0, 0.1) is 6.92 Å². The van der Waals surface area contributed by atoms with Gasteiger partial charge in [-0.2, -0.15) is 5.10 Å². The molecule has 1 aromatic heterocycles. The smallest absolute Gasteiger partial charge is 0.273 e. The molecule has 1 heterocycles. The van der Waals surface area contributed by atoms with E-state index in [0.29, 0.717) is 11.4 Å². The Morgan fingerprint density at radius 2 is 2.16 bits per heavy atom. The molecule has 0 spiro atoms. The van der Waals surface area contributed by atoms with E-state index < -0.39 is 0 Å². The van der Waals surface area contributed by atoms with Crippen molar-refractivity contribution < 1.29 is 4.79 Å². The summed E-state index contributed by atoms with van der Waals surface area (Å²) in [4.78, 5) is 12.2. The van der Waals surface area contributed by atoms with Gasteiger partial charge in [-0.15, -0.1) is 0 Å². The van der Waals surface area contributed by atoms with Gasteiger partial charge in [0.05, 0.1) is 5.69 Å². The first-order chi connectivity index (χ1) is 9.01. The lowest BCUT2D eigenvalue weighted by atomic mass is 10.1. The Balaban J connectivity index is 2.23. The zero-order valence-corrected chi connectivity index (χ0v) is 11.4. The van der Waals surface area contributed by atoms with Gasteiger partial charge in [0.1, 0.15) is 5.69 Å². The molecule has 5 nitrogen and oxygen atoms in total. The van der Waals surface area contributed by atoms with E-state index in [9.17, 15) is 4.79 Å². The zero-order chi connectivity index (χ0) is 14.0. The second kappa shape index (κ2) is 5.14. The minimum absolute atomic E-state index is 0.164. The molecule has 0 saturated heterocycles. The SMILES string of the molecule is CCc1cc(C(=O)Nc2ccc(N)cc2C)n(C)n1. The Hall–Kier alpha value is -2.30. The largest absolute Gasteiger partial charge is 0.399 e. The first kappa shape index (κ1) is 13.1. The van der Waals surface area contributed by atoms with E-state index in [-0.39, 0.29) is 5.91 Å². The fourth-order valence-electron chi connectivity index (χ4n) is 1.93. The Labute approximate surface area is 112 Å². The summed E-state index contributed by atoms with van der Waals surface area (Å²) >= 11 is 0. The standard InChI is InChI=1S/C14H18N4O/c1-4-11-8-13(18(3)17-11)14(19)16-12-6-5-10(15)7-9(12)2/h5-8H,4,15H2,1-3H3,(H,16,19). The third kappa shape index (κ3) is 2.76. The molecule has 0 fully saturated rings. The van der Waals surface area contributed by atoms with Crippen molar-refractivity contribution in [3.8, 4) is 0 Å². The lowest BCUT2D eigenvalue weighted by Gasteiger charge is -2.08. The van der Waals surface area contributed by atoms with Crippen molar-refractivity contribution in [1.29, 1.82) is 0 Å². The number of aryl methyl sites for hydroxylation is 3. The van der Waals surface area contributed by atoms with Crippen LogP contribution in [0.1, 0.15) is 28.7 Å². The van der Waals surface area contributed by atoms with E-state index in [4.69, 9.17) is 5.73 Å². The number of nitrogen functional groups attached to an aromatic ring is 1. The van der Waals surface area contributed by atoms with Crippen LogP contribution < -0.4 is 11.1 Å². The van der Waals surface area contributed by atoms with E-state index in [2.05, 4.69) is 10.4 Å². The molecule has 0 radical (unpaired) electrons. The van der Waals surface area contributed by atoms with Gasteiger partial charge in [0, 0.05) is 18.4 Å². The van der Waals surface area contributed by atoms with Crippen LogP contribution in [0.2, 0.25) is 0 Å². The van der Waals surface area contributed by atoms with Crippen LogP contribution >= 0.6 is 0 Å². The number of amides is 1. The van der Waals surface area contributed by atoms with E-state index >= 15 is 0 Å². The van der Waals surface area contributed by atoms with E-state index in [0.717, 1.165) is 23.4 Å². The third-order valence-electron chi connectivity index (χ3n) is 3.02. The molecule has 100 valence electrons. The Bertz CT molecular complexity index is 616. The van der Waals surface area contributed by atoms with Gasteiger partial charge in [0.25, 0.3) is 5.91 Å². The predicted octanol–water partition coefficient (Wildman–Crippen LogP) is 2.13. The minimum Gasteiger partial charge on any atom is -0.399 e. The fourth-order valence-corrected chi connectivity index (χ4v) is 1.93. The number of aromatic nitrogens is 2. The number of benzene rings is 1. The predicted molar refractivity (Wildman–Crippen MR) is 76.1 cm³/mol. The number of nitrogens with zero attached hydrogens (tertiary/aromatic N) is 2. The quantitative estimate of drug-likeness (QED) is 0.828. The van der Waals surface area contributed by atoms with Crippen molar-refractivity contribution in [2.75, 3.05) is 11.1 Å². The second-order valence-corrected chi connectivity index (χ2v) is 4.53. The first-order valence-electron chi connectivity index (χ1n) is 6.21. The van der Waals surface area contributed by atoms with Crippen LogP contribution in [0.15, 0.2) is 24.3 Å². The van der Waals surface area contributed by atoms with E-state index in [1.807, 2.05) is 26.0 Å². The summed E-state index contributed by atoms with van der Waals surface area (Å²) in [6.45, 7) is 3.92. The number of carbonyl (C=O) groups is 1. The molecule has 5 heteroatoms. The number of nitrogens with two attached hydrogens (primary N) is 1. The van der Waals surface area contributed by atoms with Crippen molar-refractivity contribution in [2.24, 2.45) is 7.05 Å². The lowest BCUT2D eigenvalue weighted by Crippen LogP contribution is -2.16. The maximum absolute atomic E-state index is 12.2. The highest BCUT2D eigenvalue weighted by molar-refractivity contribution is 6.03. The Morgan fingerprint density at radius 1 is 1.42 bits per heavy atom. The lowest BCUT2D eigenvalue weighted by molar-refractivity contribution is 0.101. The molecule has 0 aliphatic heterocycles. The molecule has 2 rings (SSSR count). The Kier molecular flexibility index (Phi) is 3.55. The van der Waals surface area contributed by atoms with Crippen molar-refractivity contribution >= 4 is 17.3 Å². The number of nitrogens with one attached hydrogen (secondary N) is 1. The zero-order valence-electron chi connectivity index (χ0n) is 11.4. The molecule has 0 atom stereocenters. The monoisotopic (exact) mass is 258 g/mol. The molecule has 0 unspecified atom stereocenters. The normalized spacial score (nSPS) is 10.5. The topological polar surface area (TPSA) is 72.9 Å². The summed E-state index contributed by atoms with van der Waals surface area (Å²) in [5.74, 6) is -0.164. The molecule has 19 heavy (non-hydrogen) atoms. The van der Waals surface area contributed by atoms with Crippen LogP contribution in [0.5, 0.6) is 0 Å². The van der Waals surface area contributed by atoms with Gasteiger partial charge in [-0.05, 0) is 43.2 Å². The third-order valence-corrected chi connectivity index (χ3v) is 3.02. The van der Waals surface area contributed by atoms with Crippen LogP contribution in [-0.2, 0) is 13.5 Å². The highest BCUT2D eigenvalue weighted by Gasteiger charge is 2.13. The summed E-state index contributed by atoms with van der Waals surface area (Å²) in [5.41, 5.74) is 9.52. The van der Waals surface area contributed by atoms with Crippen LogP contribution in [0.3, 0.4) is 0 Å². The molecular weight excluding hydrogens is 240 g/mol. The molecule has 0 aliphatic rings. The maximum atomic E-state index is 12.2. The van der Waals surface area contributed by atoms with Crippen molar-refractivity contribution in [2.45, 2.75) is 20.3 Å². The molecule has 1 amide bonds. The highest BCUT2D eigenvalue weighted by Crippen LogP contribution is 2.18. The minimum atomic E-state index is -0.164. The molecule has 2 aromatic rings. The van der Waals surface area contributed by atoms with Gasteiger partial charge in [0.15, 0.2) is 0 Å². The van der Waals surface area contributed by atoms with Gasteiger partial charge in [-0.25, -0.2) is 0 Å². The van der Waals surface area contributed by atoms with Crippen molar-refractivity contribution in [3.05, 3.63) is 41.2 Å². The van der Waals surface area contributed by atoms with Crippen LogP contribution in [-0.4, -0.2) is 15.7 Å². The Morgan fingerprint density at radius 3 is 2.74 bits per heavy atom. The first-order valence-corrected chi connectivity index (χ1v) is 6.21. The summed E-state index contributed by atoms with van der Waals surface area (Å²) in [6.07, 6.45) is 0.808. The van der Waals surface area contributed by atoms with Gasteiger partial charge >= 0.3 is 0 Å². The van der Waals surface area contributed by atoms with Crippen molar-refractivity contribution in [1.82, 2.24) is 9.78 Å². The summed E-state index contributed by atoms with van der Waals surface area (Å²) in [5, 5.41) is 7.14. The number of rotatable bonds is 3. The highest BCUT2D eigenvalue weighted by atomic mass is 16.2. The summed E-state index contributed by atoms with van der Waals surface area (Å²) < 4.78 is 1.60. The summed E-state index contributed by atoms with van der Waals surface area (Å²) in [6, 6.07) is 7.21. The van der Waals surface area contributed by atoms with Crippen LogP contribution in [0.4, 0.5) is 11.4 Å². The second-order valence-electron chi connectivity index (χ2n) is 4.53. The van der Waals surface area contributed by atoms with Gasteiger partial charge < -0.3 is 11.1 Å². The number of anilines is 2. The fraction of sp³-hybridized carbons (Fsp3) is 0.286. The maximum Gasteiger partial charge on any atom is 0.273 e. The number of hydrogen-bond donors (Lipinski definition) is 2. The van der Waals surface area contributed by atoms with Gasteiger partial charge in [-0.1, -0.05) is 6.92 Å². The number of carbonyl (C=O) groups excluding carboxylic acids is 1. The summed E-state index contributed by atoms with van der Waals surface area (Å²) in [7, 11) is 1.77. The number of hydrogen-bond acceptors (Lipinski definition) is 3. The average molecular weight is 258 g/mol. The molecule has 1 aromatic carbocycles. The van der Waals surface area contributed by atoms with E-state index in [1.165, 1.54) is 0 Å². The average Bonchev–Trinajstić information content (AvgIpc) is 2.74.